The number of carbonyl (C=O) groups is 3. The van der Waals surface area contributed by atoms with E-state index in [9.17, 15) is 14.4 Å². The van der Waals surface area contributed by atoms with E-state index in [0.717, 1.165) is 43.1 Å². The fourth-order valence-corrected chi connectivity index (χ4v) is 5.05. The summed E-state index contributed by atoms with van der Waals surface area (Å²) in [5.74, 6) is -0.0298. The number of ether oxygens (including phenoxy) is 1. The third-order valence-electron chi connectivity index (χ3n) is 5.19. The molecule has 0 unspecified atom stereocenters. The maximum absolute atomic E-state index is 12.9. The van der Waals surface area contributed by atoms with E-state index in [1.807, 2.05) is 42.5 Å². The van der Waals surface area contributed by atoms with Crippen LogP contribution in [0.4, 0.5) is 4.79 Å². The molecule has 0 aliphatic carbocycles. The SMILES string of the molecule is O=C(CN1C(=O)S/C(=C/c2cc(Br)ccc2OCc2ccc(I)cc2)C1=O)N1CCCC1. The fraction of sp³-hybridized carbons (Fsp3) is 0.261. The minimum Gasteiger partial charge on any atom is -0.488 e. The maximum atomic E-state index is 12.9. The van der Waals surface area contributed by atoms with Crippen molar-refractivity contribution in [3.8, 4) is 5.75 Å². The number of rotatable bonds is 6. The molecular weight excluding hydrogens is 607 g/mol. The summed E-state index contributed by atoms with van der Waals surface area (Å²) in [5.41, 5.74) is 1.71. The maximum Gasteiger partial charge on any atom is 0.294 e. The van der Waals surface area contributed by atoms with Crippen LogP contribution < -0.4 is 4.74 Å². The third-order valence-corrected chi connectivity index (χ3v) is 7.31. The molecule has 0 saturated carbocycles. The number of hydrogen-bond donors (Lipinski definition) is 0. The molecule has 0 radical (unpaired) electrons. The van der Waals surface area contributed by atoms with E-state index in [1.165, 1.54) is 0 Å². The van der Waals surface area contributed by atoms with E-state index in [1.54, 1.807) is 11.0 Å². The first kappa shape index (κ1) is 23.3. The lowest BCUT2D eigenvalue weighted by molar-refractivity contribution is -0.135. The lowest BCUT2D eigenvalue weighted by atomic mass is 10.1. The van der Waals surface area contributed by atoms with Crippen LogP contribution in [0.15, 0.2) is 51.8 Å². The van der Waals surface area contributed by atoms with Crippen molar-refractivity contribution in [2.24, 2.45) is 0 Å². The number of imide groups is 1. The van der Waals surface area contributed by atoms with Gasteiger partial charge in [-0.1, -0.05) is 28.1 Å². The number of likely N-dealkylation sites (tertiary alicyclic amines) is 1. The average molecular weight is 627 g/mol. The van der Waals surface area contributed by atoms with Crippen molar-refractivity contribution in [3.05, 3.63) is 66.5 Å². The van der Waals surface area contributed by atoms with Gasteiger partial charge in [0.1, 0.15) is 18.9 Å². The van der Waals surface area contributed by atoms with Crippen LogP contribution in [0.2, 0.25) is 0 Å². The molecule has 0 N–H and O–H groups in total. The van der Waals surface area contributed by atoms with Gasteiger partial charge in [0.05, 0.1) is 4.91 Å². The number of thioether (sulfide) groups is 1. The smallest absolute Gasteiger partial charge is 0.294 e. The molecule has 0 bridgehead atoms. The highest BCUT2D eigenvalue weighted by Crippen LogP contribution is 2.35. The first-order valence-corrected chi connectivity index (χ1v) is 12.8. The zero-order valence-corrected chi connectivity index (χ0v) is 21.6. The summed E-state index contributed by atoms with van der Waals surface area (Å²) >= 11 is 6.55. The molecule has 2 aliphatic heterocycles. The van der Waals surface area contributed by atoms with Crippen LogP contribution in [0, 0.1) is 3.57 Å². The van der Waals surface area contributed by atoms with E-state index < -0.39 is 11.1 Å². The Kier molecular flexibility index (Phi) is 7.57. The van der Waals surface area contributed by atoms with Crippen LogP contribution in [0.3, 0.4) is 0 Å². The number of benzene rings is 2. The highest BCUT2D eigenvalue weighted by Gasteiger charge is 2.37. The molecule has 9 heteroatoms. The zero-order chi connectivity index (χ0) is 22.7. The number of hydrogen-bond acceptors (Lipinski definition) is 5. The standard InChI is InChI=1S/C23H20BrIN2O4S/c24-17-5-8-19(31-14-15-3-6-18(25)7-4-15)16(11-17)12-20-22(29)27(23(30)32-20)13-21(28)26-9-1-2-10-26/h3-8,11-12H,1-2,9-10,13-14H2/b20-12+. The Morgan fingerprint density at radius 1 is 1.12 bits per heavy atom. The Hall–Kier alpha value is -1.85. The average Bonchev–Trinajstić information content (AvgIpc) is 3.39. The largest absolute Gasteiger partial charge is 0.488 e. The Bertz CT molecular complexity index is 1080. The zero-order valence-electron chi connectivity index (χ0n) is 17.1. The van der Waals surface area contributed by atoms with Crippen molar-refractivity contribution in [2.75, 3.05) is 19.6 Å². The Morgan fingerprint density at radius 2 is 1.84 bits per heavy atom. The molecule has 2 aliphatic rings. The van der Waals surface area contributed by atoms with E-state index in [-0.39, 0.29) is 17.4 Å². The molecule has 2 fully saturated rings. The van der Waals surface area contributed by atoms with Crippen LogP contribution in [-0.2, 0) is 16.2 Å². The molecule has 2 heterocycles. The van der Waals surface area contributed by atoms with Crippen molar-refractivity contribution in [1.82, 2.24) is 9.80 Å². The summed E-state index contributed by atoms with van der Waals surface area (Å²) in [6, 6.07) is 13.6. The molecule has 6 nitrogen and oxygen atoms in total. The third kappa shape index (κ3) is 5.55. The summed E-state index contributed by atoms with van der Waals surface area (Å²) in [7, 11) is 0. The molecule has 2 saturated heterocycles. The summed E-state index contributed by atoms with van der Waals surface area (Å²) in [6.45, 7) is 1.54. The topological polar surface area (TPSA) is 66.9 Å². The Labute approximate surface area is 212 Å². The molecule has 166 valence electrons. The molecule has 0 spiro atoms. The first-order chi connectivity index (χ1) is 15.4. The van der Waals surface area contributed by atoms with Crippen LogP contribution in [0.5, 0.6) is 5.75 Å². The normalized spacial score (nSPS) is 17.5. The summed E-state index contributed by atoms with van der Waals surface area (Å²) < 4.78 is 7.98. The molecule has 0 aromatic heterocycles. The number of nitrogens with zero attached hydrogens (tertiary/aromatic N) is 2. The number of halogens is 2. The van der Waals surface area contributed by atoms with Gasteiger partial charge in [-0.15, -0.1) is 0 Å². The van der Waals surface area contributed by atoms with Crippen LogP contribution in [0.25, 0.3) is 6.08 Å². The summed E-state index contributed by atoms with van der Waals surface area (Å²) in [4.78, 5) is 40.7. The minimum absolute atomic E-state index is 0.185. The lowest BCUT2D eigenvalue weighted by Crippen LogP contribution is -2.40. The van der Waals surface area contributed by atoms with Gasteiger partial charge in [0.2, 0.25) is 5.91 Å². The number of carbonyl (C=O) groups excluding carboxylic acids is 3. The number of amides is 3. The quantitative estimate of drug-likeness (QED) is 0.322. The molecule has 4 rings (SSSR count). The first-order valence-electron chi connectivity index (χ1n) is 10.1. The summed E-state index contributed by atoms with van der Waals surface area (Å²) in [6.07, 6.45) is 3.57. The molecule has 2 aromatic rings. The van der Waals surface area contributed by atoms with Gasteiger partial charge in [-0.25, -0.2) is 0 Å². The van der Waals surface area contributed by atoms with Crippen molar-refractivity contribution < 1.29 is 19.1 Å². The van der Waals surface area contributed by atoms with Gasteiger partial charge in [0, 0.05) is 26.7 Å². The van der Waals surface area contributed by atoms with Gasteiger partial charge >= 0.3 is 0 Å². The lowest BCUT2D eigenvalue weighted by Gasteiger charge is -2.18. The Balaban J connectivity index is 1.50. The van der Waals surface area contributed by atoms with Gasteiger partial charge in [-0.05, 0) is 89.2 Å². The fourth-order valence-electron chi connectivity index (χ4n) is 3.48. The van der Waals surface area contributed by atoms with Crippen molar-refractivity contribution >= 4 is 73.4 Å². The molecule has 0 atom stereocenters. The van der Waals surface area contributed by atoms with Gasteiger partial charge in [-0.2, -0.15) is 0 Å². The summed E-state index contributed by atoms with van der Waals surface area (Å²) in [5, 5.41) is -0.426. The predicted molar refractivity (Wildman–Crippen MR) is 136 cm³/mol. The highest BCUT2D eigenvalue weighted by atomic mass is 127. The van der Waals surface area contributed by atoms with Crippen LogP contribution in [-0.4, -0.2) is 46.5 Å². The van der Waals surface area contributed by atoms with Crippen molar-refractivity contribution in [2.45, 2.75) is 19.4 Å². The second-order valence-corrected chi connectivity index (χ2v) is 10.6. The monoisotopic (exact) mass is 626 g/mol. The minimum atomic E-state index is -0.448. The second kappa shape index (κ2) is 10.4. The predicted octanol–water partition coefficient (Wildman–Crippen LogP) is 5.29. The molecular formula is C23H20BrIN2O4S. The molecule has 2 aromatic carbocycles. The van der Waals surface area contributed by atoms with Gasteiger partial charge in [0.15, 0.2) is 0 Å². The van der Waals surface area contributed by atoms with Crippen molar-refractivity contribution in [3.63, 3.8) is 0 Å². The van der Waals surface area contributed by atoms with Crippen LogP contribution in [0.1, 0.15) is 24.0 Å². The van der Waals surface area contributed by atoms with Crippen molar-refractivity contribution in [1.29, 1.82) is 0 Å². The molecule has 3 amide bonds. The van der Waals surface area contributed by atoms with Crippen LogP contribution >= 0.6 is 50.3 Å². The van der Waals surface area contributed by atoms with E-state index >= 15 is 0 Å². The Morgan fingerprint density at radius 3 is 2.56 bits per heavy atom. The van der Waals surface area contributed by atoms with E-state index in [2.05, 4.69) is 38.5 Å². The van der Waals surface area contributed by atoms with E-state index in [0.29, 0.717) is 31.0 Å². The van der Waals surface area contributed by atoms with Gasteiger partial charge in [-0.3, -0.25) is 19.3 Å². The van der Waals surface area contributed by atoms with Gasteiger partial charge in [0.25, 0.3) is 11.1 Å². The molecule has 32 heavy (non-hydrogen) atoms. The second-order valence-electron chi connectivity index (χ2n) is 7.45. The van der Waals surface area contributed by atoms with Gasteiger partial charge < -0.3 is 9.64 Å². The highest BCUT2D eigenvalue weighted by molar-refractivity contribution is 14.1. The van der Waals surface area contributed by atoms with E-state index in [4.69, 9.17) is 4.74 Å².